The summed E-state index contributed by atoms with van der Waals surface area (Å²) >= 11 is 0. The van der Waals surface area contributed by atoms with Crippen molar-refractivity contribution in [2.45, 2.75) is 45.6 Å². The fourth-order valence-corrected chi connectivity index (χ4v) is 1.65. The maximum atomic E-state index is 10.8. The van der Waals surface area contributed by atoms with Crippen LogP contribution in [-0.4, -0.2) is 68.4 Å². The molecule has 1 atom stereocenters. The Morgan fingerprint density at radius 2 is 1.85 bits per heavy atom. The lowest BCUT2D eigenvalue weighted by Gasteiger charge is -2.10. The van der Waals surface area contributed by atoms with Gasteiger partial charge in [-0.05, 0) is 33.2 Å². The minimum absolute atomic E-state index is 0.0184. The zero-order valence-electron chi connectivity index (χ0n) is 16.4. The molecule has 0 bridgehead atoms. The lowest BCUT2D eigenvalue weighted by Crippen LogP contribution is -2.33. The average molecular weight is 390 g/mol. The van der Waals surface area contributed by atoms with E-state index in [9.17, 15) is 19.2 Å². The number of nitrogens with zero attached hydrogens (tertiary/aromatic N) is 1. The molecule has 0 radical (unpaired) electrons. The number of rotatable bonds is 12. The Morgan fingerprint density at radius 1 is 1.22 bits per heavy atom. The van der Waals surface area contributed by atoms with Crippen molar-refractivity contribution >= 4 is 30.5 Å². The largest absolute Gasteiger partial charge is 0.481 e. The number of nitrogens with two attached hydrogens (primary N) is 2. The molecule has 0 aromatic rings. The summed E-state index contributed by atoms with van der Waals surface area (Å²) in [5.74, 6) is -1.19. The standard InChI is InChI=1S/C8H17N3O.C7H12N2O4.CH5N/c1-7(11-8(2)12)4-3-5-10-6-9;10-5-8-4-6(11)9-3-1-2-7(12)13;1-2/h6-7H,3-5H2,1-2H3,(H2,9,10)(H,11,12);5H,1-4H2,(H,8,10)(H,9,11)(H,12,13);2H2,1H3. The molecule has 0 fully saturated rings. The summed E-state index contributed by atoms with van der Waals surface area (Å²) < 4.78 is 0. The molecule has 158 valence electrons. The van der Waals surface area contributed by atoms with E-state index in [1.54, 1.807) is 0 Å². The van der Waals surface area contributed by atoms with E-state index >= 15 is 0 Å². The van der Waals surface area contributed by atoms with Gasteiger partial charge in [0.05, 0.1) is 12.9 Å². The van der Waals surface area contributed by atoms with Crippen LogP contribution in [0.1, 0.15) is 39.5 Å². The lowest BCUT2D eigenvalue weighted by molar-refractivity contribution is -0.137. The molecule has 11 nitrogen and oxygen atoms in total. The summed E-state index contributed by atoms with van der Waals surface area (Å²) in [6.45, 7) is 4.48. The second-order valence-corrected chi connectivity index (χ2v) is 5.15. The molecule has 0 aliphatic carbocycles. The molecule has 27 heavy (non-hydrogen) atoms. The number of carboxylic acid groups (broad SMARTS) is 1. The van der Waals surface area contributed by atoms with Crippen molar-refractivity contribution in [3.8, 4) is 0 Å². The molecule has 0 heterocycles. The second-order valence-electron chi connectivity index (χ2n) is 5.15. The van der Waals surface area contributed by atoms with Crippen molar-refractivity contribution in [2.24, 2.45) is 16.5 Å². The van der Waals surface area contributed by atoms with Gasteiger partial charge in [0.15, 0.2) is 0 Å². The van der Waals surface area contributed by atoms with E-state index < -0.39 is 5.97 Å². The molecular weight excluding hydrogens is 356 g/mol. The highest BCUT2D eigenvalue weighted by atomic mass is 16.4. The summed E-state index contributed by atoms with van der Waals surface area (Å²) in [7, 11) is 1.50. The van der Waals surface area contributed by atoms with Crippen molar-refractivity contribution in [1.82, 2.24) is 16.0 Å². The van der Waals surface area contributed by atoms with E-state index in [1.807, 2.05) is 6.92 Å². The van der Waals surface area contributed by atoms with Crippen LogP contribution in [0, 0.1) is 0 Å². The van der Waals surface area contributed by atoms with E-state index in [2.05, 4.69) is 26.7 Å². The lowest BCUT2D eigenvalue weighted by atomic mass is 10.2. The summed E-state index contributed by atoms with van der Waals surface area (Å²) in [6, 6.07) is 0.232. The Bertz CT molecular complexity index is 432. The first-order valence-corrected chi connectivity index (χ1v) is 8.53. The second kappa shape index (κ2) is 23.3. The van der Waals surface area contributed by atoms with Crippen LogP contribution in [0.2, 0.25) is 0 Å². The zero-order valence-corrected chi connectivity index (χ0v) is 16.4. The van der Waals surface area contributed by atoms with Gasteiger partial charge in [0.2, 0.25) is 18.2 Å². The maximum absolute atomic E-state index is 10.8. The number of carbonyl (C=O) groups is 4. The Morgan fingerprint density at radius 3 is 2.33 bits per heavy atom. The van der Waals surface area contributed by atoms with Crippen LogP contribution in [0.25, 0.3) is 0 Å². The van der Waals surface area contributed by atoms with Gasteiger partial charge < -0.3 is 32.5 Å². The topological polar surface area (TPSA) is 189 Å². The summed E-state index contributed by atoms with van der Waals surface area (Å²) in [6.07, 6.45) is 4.05. The summed E-state index contributed by atoms with van der Waals surface area (Å²) in [5.41, 5.74) is 9.56. The van der Waals surface area contributed by atoms with E-state index in [0.29, 0.717) is 19.4 Å². The van der Waals surface area contributed by atoms with Crippen LogP contribution in [0.4, 0.5) is 0 Å². The van der Waals surface area contributed by atoms with E-state index in [4.69, 9.17) is 10.8 Å². The first-order chi connectivity index (χ1) is 12.8. The third-order valence-corrected chi connectivity index (χ3v) is 2.71. The first-order valence-electron chi connectivity index (χ1n) is 8.53. The zero-order chi connectivity index (χ0) is 21.5. The van der Waals surface area contributed by atoms with Gasteiger partial charge in [-0.15, -0.1) is 0 Å². The minimum Gasteiger partial charge on any atom is -0.481 e. The quantitative estimate of drug-likeness (QED) is 0.102. The predicted octanol–water partition coefficient (Wildman–Crippen LogP) is -1.43. The molecule has 0 saturated heterocycles. The van der Waals surface area contributed by atoms with Gasteiger partial charge in [0.1, 0.15) is 0 Å². The van der Waals surface area contributed by atoms with Gasteiger partial charge >= 0.3 is 5.97 Å². The molecule has 11 heteroatoms. The Kier molecular flexibility index (Phi) is 25.1. The highest BCUT2D eigenvalue weighted by molar-refractivity contribution is 5.79. The van der Waals surface area contributed by atoms with Gasteiger partial charge in [-0.2, -0.15) is 0 Å². The van der Waals surface area contributed by atoms with Crippen LogP contribution in [0.5, 0.6) is 0 Å². The van der Waals surface area contributed by atoms with Crippen molar-refractivity contribution in [2.75, 3.05) is 26.7 Å². The van der Waals surface area contributed by atoms with E-state index in [0.717, 1.165) is 19.4 Å². The normalized spacial score (nSPS) is 10.4. The molecular formula is C16H34N6O5. The molecule has 0 aromatic carbocycles. The van der Waals surface area contributed by atoms with Gasteiger partial charge in [0, 0.05) is 32.5 Å². The number of hydrogen-bond donors (Lipinski definition) is 6. The van der Waals surface area contributed by atoms with Crippen molar-refractivity contribution < 1.29 is 24.3 Å². The number of aliphatic carboxylic acids is 1. The molecule has 0 rings (SSSR count). The van der Waals surface area contributed by atoms with Crippen molar-refractivity contribution in [1.29, 1.82) is 0 Å². The Labute approximate surface area is 160 Å². The number of amides is 3. The predicted molar refractivity (Wildman–Crippen MR) is 104 cm³/mol. The van der Waals surface area contributed by atoms with Gasteiger partial charge in [-0.3, -0.25) is 24.2 Å². The van der Waals surface area contributed by atoms with Crippen molar-refractivity contribution in [3.05, 3.63) is 0 Å². The molecule has 8 N–H and O–H groups in total. The molecule has 0 aliphatic rings. The number of carboxylic acids is 1. The molecule has 0 aliphatic heterocycles. The van der Waals surface area contributed by atoms with Gasteiger partial charge in [0.25, 0.3) is 0 Å². The van der Waals surface area contributed by atoms with Crippen LogP contribution in [-0.2, 0) is 19.2 Å². The monoisotopic (exact) mass is 390 g/mol. The smallest absolute Gasteiger partial charge is 0.303 e. The van der Waals surface area contributed by atoms with Gasteiger partial charge in [-0.1, -0.05) is 0 Å². The summed E-state index contributed by atoms with van der Waals surface area (Å²) in [5, 5.41) is 15.7. The van der Waals surface area contributed by atoms with Gasteiger partial charge in [-0.25, -0.2) is 0 Å². The van der Waals surface area contributed by atoms with Crippen LogP contribution in [0.3, 0.4) is 0 Å². The average Bonchev–Trinajstić information content (AvgIpc) is 2.62. The Hall–Kier alpha value is -2.69. The number of nitrogens with one attached hydrogen (secondary N) is 3. The summed E-state index contributed by atoms with van der Waals surface area (Å²) in [4.78, 5) is 45.0. The molecule has 1 unspecified atom stereocenters. The first kappa shape index (κ1) is 29.1. The van der Waals surface area contributed by atoms with Crippen LogP contribution >= 0.6 is 0 Å². The third-order valence-electron chi connectivity index (χ3n) is 2.71. The van der Waals surface area contributed by atoms with Crippen molar-refractivity contribution in [3.63, 3.8) is 0 Å². The highest BCUT2D eigenvalue weighted by Gasteiger charge is 2.01. The Balaban J connectivity index is -0.000000391. The number of hydrogen-bond acceptors (Lipinski definition) is 6. The molecule has 0 spiro atoms. The molecule has 0 saturated carbocycles. The minimum atomic E-state index is -0.889. The molecule has 3 amide bonds. The number of aliphatic imine (C=N–C) groups is 1. The SMILES string of the molecule is CC(=O)NC(C)CCCN=CN.CN.O=CNCC(=O)NCCCC(=O)O. The fraction of sp³-hybridized carbons (Fsp3) is 0.688. The van der Waals surface area contributed by atoms with E-state index in [-0.39, 0.29) is 30.8 Å². The van der Waals surface area contributed by atoms with Crippen LogP contribution < -0.4 is 27.4 Å². The highest BCUT2D eigenvalue weighted by Crippen LogP contribution is 1.95. The fourth-order valence-electron chi connectivity index (χ4n) is 1.65. The number of carbonyl (C=O) groups excluding carboxylic acids is 3. The van der Waals surface area contributed by atoms with Crippen LogP contribution in [0.15, 0.2) is 4.99 Å². The van der Waals surface area contributed by atoms with E-state index in [1.165, 1.54) is 20.3 Å². The third kappa shape index (κ3) is 31.6. The maximum Gasteiger partial charge on any atom is 0.303 e. The molecule has 0 aromatic heterocycles.